The van der Waals surface area contributed by atoms with Crippen LogP contribution in [-0.2, 0) is 13.0 Å². The van der Waals surface area contributed by atoms with Crippen molar-refractivity contribution in [3.8, 4) is 17.6 Å². The number of halogens is 1. The number of aliphatic hydroxyl groups is 1. The fraction of sp³-hybridized carbons (Fsp3) is 0.136. The molecule has 0 spiro atoms. The predicted octanol–water partition coefficient (Wildman–Crippen LogP) is 3.54. The minimum atomic E-state index is -0.717. The summed E-state index contributed by atoms with van der Waals surface area (Å²) in [6.07, 6.45) is 2.76. The number of benzene rings is 2. The molecule has 0 saturated heterocycles. The monoisotopic (exact) mass is 404 g/mol. The third kappa shape index (κ3) is 3.37. The van der Waals surface area contributed by atoms with E-state index in [2.05, 4.69) is 15.0 Å². The number of aliphatic hydroxyl groups excluding tert-OH is 1. The number of anilines is 1. The van der Waals surface area contributed by atoms with Gasteiger partial charge in [0.2, 0.25) is 5.88 Å². The molecule has 5 rings (SSSR count). The Labute approximate surface area is 171 Å². The van der Waals surface area contributed by atoms with Gasteiger partial charge in [0, 0.05) is 24.8 Å². The molecule has 0 saturated carbocycles. The Hall–Kier alpha value is -3.78. The van der Waals surface area contributed by atoms with E-state index in [4.69, 9.17) is 4.74 Å². The molecule has 150 valence electrons. The summed E-state index contributed by atoms with van der Waals surface area (Å²) in [6.45, 7) is 0.390. The summed E-state index contributed by atoms with van der Waals surface area (Å²) in [5, 5.41) is 21.1. The molecule has 2 aromatic carbocycles. The number of ether oxygens (including phenoxy) is 1. The van der Waals surface area contributed by atoms with Gasteiger partial charge in [-0.05, 0) is 47.5 Å². The first-order valence-corrected chi connectivity index (χ1v) is 9.37. The minimum absolute atomic E-state index is 0.00288. The summed E-state index contributed by atoms with van der Waals surface area (Å²) in [5.41, 5.74) is 2.99. The van der Waals surface area contributed by atoms with Gasteiger partial charge in [-0.25, -0.2) is 4.39 Å². The standard InChI is InChI=1S/C22H17FN4O3/c23-15-3-1-2-13(8-15)12-27-19-5-4-16(9-14(19)10-20(27)28)30-22-25-18-11-24-7-6-17(18)21(29)26-22/h1-9,11,20,28H,10,12H2,(H,25,26,29). The maximum atomic E-state index is 13.5. The molecule has 0 fully saturated rings. The van der Waals surface area contributed by atoms with Gasteiger partial charge in [0.15, 0.2) is 0 Å². The maximum absolute atomic E-state index is 13.5. The van der Waals surface area contributed by atoms with Crippen molar-refractivity contribution in [1.82, 2.24) is 15.0 Å². The first kappa shape index (κ1) is 18.3. The van der Waals surface area contributed by atoms with Crippen LogP contribution in [0.2, 0.25) is 0 Å². The van der Waals surface area contributed by atoms with Crippen molar-refractivity contribution in [3.05, 3.63) is 77.9 Å². The molecule has 0 aliphatic carbocycles. The van der Waals surface area contributed by atoms with Gasteiger partial charge in [0.1, 0.15) is 17.8 Å². The van der Waals surface area contributed by atoms with E-state index < -0.39 is 6.23 Å². The second kappa shape index (κ2) is 7.23. The van der Waals surface area contributed by atoms with Gasteiger partial charge in [0.25, 0.3) is 0 Å². The Morgan fingerprint density at radius 1 is 1.13 bits per heavy atom. The van der Waals surface area contributed by atoms with Crippen LogP contribution in [0.5, 0.6) is 17.6 Å². The lowest BCUT2D eigenvalue weighted by atomic mass is 10.1. The van der Waals surface area contributed by atoms with Crippen LogP contribution in [0.15, 0.2) is 60.9 Å². The molecule has 7 nitrogen and oxygen atoms in total. The minimum Gasteiger partial charge on any atom is -0.493 e. The fourth-order valence-electron chi connectivity index (χ4n) is 3.65. The first-order valence-electron chi connectivity index (χ1n) is 9.37. The zero-order valence-corrected chi connectivity index (χ0v) is 15.7. The van der Waals surface area contributed by atoms with Crippen molar-refractivity contribution in [2.24, 2.45) is 0 Å². The Kier molecular flexibility index (Phi) is 4.40. The molecule has 1 aliphatic heterocycles. The van der Waals surface area contributed by atoms with Crippen LogP contribution in [0, 0.1) is 5.82 Å². The van der Waals surface area contributed by atoms with Crippen molar-refractivity contribution >= 4 is 16.6 Å². The van der Waals surface area contributed by atoms with E-state index in [-0.39, 0.29) is 17.7 Å². The van der Waals surface area contributed by atoms with Crippen LogP contribution in [-0.4, -0.2) is 31.4 Å². The quantitative estimate of drug-likeness (QED) is 0.537. The molecular weight excluding hydrogens is 387 g/mol. The molecule has 0 bridgehead atoms. The molecule has 0 radical (unpaired) electrons. The van der Waals surface area contributed by atoms with Gasteiger partial charge in [-0.3, -0.25) is 4.98 Å². The Bertz CT molecular complexity index is 1250. The van der Waals surface area contributed by atoms with E-state index in [0.717, 1.165) is 16.8 Å². The maximum Gasteiger partial charge on any atom is 0.325 e. The Morgan fingerprint density at radius 3 is 2.90 bits per heavy atom. The van der Waals surface area contributed by atoms with Crippen LogP contribution in [0.4, 0.5) is 10.1 Å². The van der Waals surface area contributed by atoms with Gasteiger partial charge in [-0.15, -0.1) is 0 Å². The Morgan fingerprint density at radius 2 is 2.03 bits per heavy atom. The summed E-state index contributed by atoms with van der Waals surface area (Å²) < 4.78 is 19.2. The normalized spacial score (nSPS) is 15.4. The SMILES string of the molecule is Oc1nc(Oc2ccc3c(c2)CC(O)N3Cc2cccc(F)c2)nc2cnccc12. The number of hydrogen-bond acceptors (Lipinski definition) is 7. The number of hydrogen-bond donors (Lipinski definition) is 2. The highest BCUT2D eigenvalue weighted by atomic mass is 19.1. The van der Waals surface area contributed by atoms with Gasteiger partial charge < -0.3 is 19.8 Å². The molecule has 2 aromatic heterocycles. The average molecular weight is 404 g/mol. The van der Waals surface area contributed by atoms with Crippen molar-refractivity contribution in [3.63, 3.8) is 0 Å². The summed E-state index contributed by atoms with van der Waals surface area (Å²) in [6, 6.07) is 13.3. The predicted molar refractivity (Wildman–Crippen MR) is 108 cm³/mol. The van der Waals surface area contributed by atoms with E-state index >= 15 is 0 Å². The van der Waals surface area contributed by atoms with Crippen molar-refractivity contribution in [2.45, 2.75) is 19.2 Å². The highest BCUT2D eigenvalue weighted by Crippen LogP contribution is 2.36. The molecule has 1 atom stereocenters. The molecule has 3 heterocycles. The molecule has 0 amide bonds. The number of pyridine rings is 1. The number of rotatable bonds is 4. The van der Waals surface area contributed by atoms with Crippen molar-refractivity contribution in [1.29, 1.82) is 0 Å². The van der Waals surface area contributed by atoms with Crippen LogP contribution in [0.1, 0.15) is 11.1 Å². The zero-order chi connectivity index (χ0) is 20.7. The molecule has 30 heavy (non-hydrogen) atoms. The molecule has 1 aliphatic rings. The van der Waals surface area contributed by atoms with E-state index in [0.29, 0.717) is 29.6 Å². The topological polar surface area (TPSA) is 91.6 Å². The van der Waals surface area contributed by atoms with Crippen LogP contribution in [0.3, 0.4) is 0 Å². The fourth-order valence-corrected chi connectivity index (χ4v) is 3.65. The van der Waals surface area contributed by atoms with Gasteiger partial charge in [0.05, 0.1) is 17.1 Å². The van der Waals surface area contributed by atoms with Gasteiger partial charge in [-0.2, -0.15) is 9.97 Å². The Balaban J connectivity index is 1.40. The highest BCUT2D eigenvalue weighted by molar-refractivity contribution is 5.82. The first-order chi connectivity index (χ1) is 14.6. The van der Waals surface area contributed by atoms with Crippen molar-refractivity contribution < 1.29 is 19.3 Å². The van der Waals surface area contributed by atoms with E-state index in [1.165, 1.54) is 18.3 Å². The van der Waals surface area contributed by atoms with Crippen molar-refractivity contribution in [2.75, 3.05) is 4.90 Å². The second-order valence-corrected chi connectivity index (χ2v) is 7.06. The number of fused-ring (bicyclic) bond motifs is 2. The smallest absolute Gasteiger partial charge is 0.325 e. The van der Waals surface area contributed by atoms with Crippen LogP contribution < -0.4 is 9.64 Å². The lowest BCUT2D eigenvalue weighted by molar-refractivity contribution is 0.177. The third-order valence-electron chi connectivity index (χ3n) is 5.03. The van der Waals surface area contributed by atoms with E-state index in [1.54, 1.807) is 30.5 Å². The van der Waals surface area contributed by atoms with Crippen LogP contribution >= 0.6 is 0 Å². The summed E-state index contributed by atoms with van der Waals surface area (Å²) >= 11 is 0. The average Bonchev–Trinajstić information content (AvgIpc) is 3.02. The van der Waals surface area contributed by atoms with E-state index in [9.17, 15) is 14.6 Å². The summed E-state index contributed by atoms with van der Waals surface area (Å²) in [7, 11) is 0. The summed E-state index contributed by atoms with van der Waals surface area (Å²) in [5.74, 6) is -0.00885. The molecule has 8 heteroatoms. The zero-order valence-electron chi connectivity index (χ0n) is 15.7. The number of aromatic nitrogens is 3. The van der Waals surface area contributed by atoms with Gasteiger partial charge >= 0.3 is 6.01 Å². The lowest BCUT2D eigenvalue weighted by Crippen LogP contribution is -2.30. The van der Waals surface area contributed by atoms with Gasteiger partial charge in [-0.1, -0.05) is 12.1 Å². The molecule has 4 aromatic rings. The number of nitrogens with zero attached hydrogens (tertiary/aromatic N) is 4. The molecular formula is C22H17FN4O3. The van der Waals surface area contributed by atoms with Crippen LogP contribution in [0.25, 0.3) is 10.9 Å². The van der Waals surface area contributed by atoms with E-state index in [1.807, 2.05) is 17.0 Å². The second-order valence-electron chi connectivity index (χ2n) is 7.06. The third-order valence-corrected chi connectivity index (χ3v) is 5.03. The summed E-state index contributed by atoms with van der Waals surface area (Å²) in [4.78, 5) is 14.1. The lowest BCUT2D eigenvalue weighted by Gasteiger charge is -2.24. The molecule has 2 N–H and O–H groups in total. The number of aromatic hydroxyl groups is 1. The highest BCUT2D eigenvalue weighted by Gasteiger charge is 2.28. The largest absolute Gasteiger partial charge is 0.493 e. The molecule has 1 unspecified atom stereocenters.